The number of carbonyl (C=O) groups is 1. The van der Waals surface area contributed by atoms with Gasteiger partial charge in [0.05, 0.1) is 7.11 Å². The van der Waals surface area contributed by atoms with Gasteiger partial charge >= 0.3 is 0 Å². The van der Waals surface area contributed by atoms with Crippen molar-refractivity contribution in [3.05, 3.63) is 29.8 Å². The lowest BCUT2D eigenvalue weighted by atomic mass is 10.00. The van der Waals surface area contributed by atoms with Gasteiger partial charge in [0.1, 0.15) is 11.5 Å². The molecule has 0 amide bonds. The molecule has 3 nitrogen and oxygen atoms in total. The van der Waals surface area contributed by atoms with Gasteiger partial charge in [-0.1, -0.05) is 19.1 Å². The molecule has 19 heavy (non-hydrogen) atoms. The van der Waals surface area contributed by atoms with E-state index < -0.39 is 0 Å². The Morgan fingerprint density at radius 2 is 2.32 bits per heavy atom. The highest BCUT2D eigenvalue weighted by atomic mass is 16.5. The average Bonchev–Trinajstić information content (AvgIpc) is 2.88. The molecule has 0 spiro atoms. The van der Waals surface area contributed by atoms with Gasteiger partial charge in [-0.2, -0.15) is 0 Å². The van der Waals surface area contributed by atoms with Crippen molar-refractivity contribution in [2.45, 2.75) is 32.7 Å². The fourth-order valence-corrected chi connectivity index (χ4v) is 2.72. The molecule has 0 bridgehead atoms. The number of Topliss-reactive ketones (excluding diaryl/α,β-unsaturated/α-hetero) is 1. The number of hydrogen-bond acceptors (Lipinski definition) is 3. The first-order valence-electron chi connectivity index (χ1n) is 7.11. The lowest BCUT2D eigenvalue weighted by Crippen LogP contribution is -2.22. The summed E-state index contributed by atoms with van der Waals surface area (Å²) in [6, 6.07) is 8.16. The van der Waals surface area contributed by atoms with Gasteiger partial charge in [0.2, 0.25) is 0 Å². The predicted molar refractivity (Wildman–Crippen MR) is 76.3 cm³/mol. The Labute approximate surface area is 115 Å². The molecule has 1 heterocycles. The fraction of sp³-hybridized carbons (Fsp3) is 0.562. The molecule has 1 unspecified atom stereocenters. The number of nitrogens with zero attached hydrogens (tertiary/aromatic N) is 1. The highest BCUT2D eigenvalue weighted by Gasteiger charge is 2.27. The van der Waals surface area contributed by atoms with Crippen LogP contribution in [0.2, 0.25) is 0 Å². The molecule has 0 aliphatic carbocycles. The van der Waals surface area contributed by atoms with Crippen molar-refractivity contribution in [1.82, 2.24) is 4.90 Å². The molecule has 3 heteroatoms. The van der Waals surface area contributed by atoms with E-state index in [1.165, 1.54) is 5.56 Å². The maximum atomic E-state index is 11.9. The van der Waals surface area contributed by atoms with E-state index in [9.17, 15) is 4.79 Å². The Morgan fingerprint density at radius 1 is 1.47 bits per heavy atom. The molecular weight excluding hydrogens is 238 g/mol. The van der Waals surface area contributed by atoms with E-state index in [1.807, 2.05) is 12.1 Å². The van der Waals surface area contributed by atoms with Crippen LogP contribution < -0.4 is 4.74 Å². The number of ether oxygens (including phenoxy) is 1. The maximum Gasteiger partial charge on any atom is 0.137 e. The van der Waals surface area contributed by atoms with Crippen molar-refractivity contribution in [3.8, 4) is 5.75 Å². The van der Waals surface area contributed by atoms with Crippen LogP contribution in [0.4, 0.5) is 0 Å². The second-order valence-corrected chi connectivity index (χ2v) is 5.29. The summed E-state index contributed by atoms with van der Waals surface area (Å²) in [7, 11) is 1.69. The first kappa shape index (κ1) is 14.1. The normalized spacial score (nSPS) is 19.6. The molecule has 0 saturated carbocycles. The second-order valence-electron chi connectivity index (χ2n) is 5.29. The summed E-state index contributed by atoms with van der Waals surface area (Å²) in [6.07, 6.45) is 2.71. The van der Waals surface area contributed by atoms with Crippen LogP contribution in [0.5, 0.6) is 5.75 Å². The molecule has 1 fully saturated rings. The summed E-state index contributed by atoms with van der Waals surface area (Å²) >= 11 is 0. The molecule has 1 saturated heterocycles. The van der Waals surface area contributed by atoms with Gasteiger partial charge in [0, 0.05) is 25.4 Å². The molecule has 0 radical (unpaired) electrons. The van der Waals surface area contributed by atoms with Gasteiger partial charge in [-0.3, -0.25) is 9.69 Å². The van der Waals surface area contributed by atoms with Gasteiger partial charge < -0.3 is 4.74 Å². The predicted octanol–water partition coefficient (Wildman–Crippen LogP) is 2.89. The maximum absolute atomic E-state index is 11.9. The zero-order valence-corrected chi connectivity index (χ0v) is 11.9. The van der Waals surface area contributed by atoms with Crippen LogP contribution in [0.1, 0.15) is 31.7 Å². The van der Waals surface area contributed by atoms with Crippen molar-refractivity contribution < 1.29 is 9.53 Å². The van der Waals surface area contributed by atoms with Crippen molar-refractivity contribution in [2.24, 2.45) is 5.92 Å². The van der Waals surface area contributed by atoms with E-state index in [0.29, 0.717) is 5.78 Å². The SMILES string of the molecule is CCCC(=O)C1CCN(Cc2cccc(OC)c2)C1. The topological polar surface area (TPSA) is 29.5 Å². The third kappa shape index (κ3) is 3.80. The van der Waals surface area contributed by atoms with Crippen LogP contribution in [0.3, 0.4) is 0 Å². The smallest absolute Gasteiger partial charge is 0.137 e. The minimum Gasteiger partial charge on any atom is -0.497 e. The van der Waals surface area contributed by atoms with Crippen molar-refractivity contribution in [3.63, 3.8) is 0 Å². The van der Waals surface area contributed by atoms with Crippen LogP contribution in [-0.2, 0) is 11.3 Å². The third-order valence-electron chi connectivity index (χ3n) is 3.76. The van der Waals surface area contributed by atoms with E-state index in [0.717, 1.165) is 44.6 Å². The number of carbonyl (C=O) groups excluding carboxylic acids is 1. The molecule has 104 valence electrons. The Balaban J connectivity index is 1.89. The highest BCUT2D eigenvalue weighted by molar-refractivity contribution is 5.81. The number of benzene rings is 1. The average molecular weight is 261 g/mol. The zero-order valence-electron chi connectivity index (χ0n) is 11.9. The van der Waals surface area contributed by atoms with E-state index in [1.54, 1.807) is 7.11 Å². The number of ketones is 1. The van der Waals surface area contributed by atoms with Crippen molar-refractivity contribution in [2.75, 3.05) is 20.2 Å². The van der Waals surface area contributed by atoms with E-state index >= 15 is 0 Å². The van der Waals surface area contributed by atoms with Gasteiger partial charge in [-0.05, 0) is 37.1 Å². The number of methoxy groups -OCH3 is 1. The van der Waals surface area contributed by atoms with Gasteiger partial charge in [0.15, 0.2) is 0 Å². The molecule has 0 N–H and O–H groups in total. The lowest BCUT2D eigenvalue weighted by molar-refractivity contribution is -0.122. The summed E-state index contributed by atoms with van der Waals surface area (Å²) in [5.74, 6) is 1.59. The van der Waals surface area contributed by atoms with E-state index in [2.05, 4.69) is 24.0 Å². The van der Waals surface area contributed by atoms with Gasteiger partial charge in [0.25, 0.3) is 0 Å². The quantitative estimate of drug-likeness (QED) is 0.788. The van der Waals surface area contributed by atoms with Crippen molar-refractivity contribution >= 4 is 5.78 Å². The van der Waals surface area contributed by atoms with Crippen molar-refractivity contribution in [1.29, 1.82) is 0 Å². The number of likely N-dealkylation sites (tertiary alicyclic amines) is 1. The van der Waals surface area contributed by atoms with Crippen LogP contribution >= 0.6 is 0 Å². The van der Waals surface area contributed by atoms with Crippen LogP contribution in [-0.4, -0.2) is 30.9 Å². The molecule has 1 aromatic carbocycles. The van der Waals surface area contributed by atoms with E-state index in [-0.39, 0.29) is 5.92 Å². The monoisotopic (exact) mass is 261 g/mol. The highest BCUT2D eigenvalue weighted by Crippen LogP contribution is 2.22. The Morgan fingerprint density at radius 3 is 3.05 bits per heavy atom. The lowest BCUT2D eigenvalue weighted by Gasteiger charge is -2.16. The molecule has 1 aliphatic rings. The Bertz CT molecular complexity index is 431. The standard InChI is InChI=1S/C16H23NO2/c1-3-5-16(18)14-8-9-17(12-14)11-13-6-4-7-15(10-13)19-2/h4,6-7,10,14H,3,5,8-9,11-12H2,1-2H3. The number of rotatable bonds is 6. The minimum absolute atomic E-state index is 0.255. The van der Waals surface area contributed by atoms with Crippen LogP contribution in [0.25, 0.3) is 0 Å². The zero-order chi connectivity index (χ0) is 13.7. The molecular formula is C16H23NO2. The minimum atomic E-state index is 0.255. The molecule has 1 aliphatic heterocycles. The first-order chi connectivity index (χ1) is 9.22. The Kier molecular flexibility index (Phi) is 4.97. The summed E-state index contributed by atoms with van der Waals surface area (Å²) in [4.78, 5) is 14.3. The van der Waals surface area contributed by atoms with E-state index in [4.69, 9.17) is 4.74 Å². The number of hydrogen-bond donors (Lipinski definition) is 0. The second kappa shape index (κ2) is 6.71. The van der Waals surface area contributed by atoms with Crippen LogP contribution in [0, 0.1) is 5.92 Å². The molecule has 0 aromatic heterocycles. The molecule has 1 atom stereocenters. The summed E-state index contributed by atoms with van der Waals surface area (Å²) in [5, 5.41) is 0. The molecule has 1 aromatic rings. The summed E-state index contributed by atoms with van der Waals surface area (Å²) < 4.78 is 5.24. The first-order valence-corrected chi connectivity index (χ1v) is 7.11. The fourth-order valence-electron chi connectivity index (χ4n) is 2.72. The van der Waals surface area contributed by atoms with Crippen LogP contribution in [0.15, 0.2) is 24.3 Å². The summed E-state index contributed by atoms with van der Waals surface area (Å²) in [5.41, 5.74) is 1.25. The molecule has 2 rings (SSSR count). The summed E-state index contributed by atoms with van der Waals surface area (Å²) in [6.45, 7) is 4.92. The third-order valence-corrected chi connectivity index (χ3v) is 3.76. The Hall–Kier alpha value is -1.35. The van der Waals surface area contributed by atoms with Gasteiger partial charge in [-0.15, -0.1) is 0 Å². The van der Waals surface area contributed by atoms with Gasteiger partial charge in [-0.25, -0.2) is 0 Å². The largest absolute Gasteiger partial charge is 0.497 e.